The van der Waals surface area contributed by atoms with E-state index in [0.29, 0.717) is 12.6 Å². The van der Waals surface area contributed by atoms with E-state index in [1.54, 1.807) is 0 Å². The molecule has 1 saturated heterocycles. The Morgan fingerprint density at radius 1 is 1.33 bits per heavy atom. The molecule has 1 fully saturated rings. The first-order valence-corrected chi connectivity index (χ1v) is 5.33. The van der Waals surface area contributed by atoms with Gasteiger partial charge in [-0.2, -0.15) is 0 Å². The van der Waals surface area contributed by atoms with Crippen molar-refractivity contribution in [2.24, 2.45) is 5.73 Å². The zero-order valence-electron chi connectivity index (χ0n) is 8.80. The van der Waals surface area contributed by atoms with E-state index in [1.807, 2.05) is 24.5 Å². The topological polar surface area (TPSA) is 51.4 Å². The highest BCUT2D eigenvalue weighted by Crippen LogP contribution is 2.19. The zero-order valence-corrected chi connectivity index (χ0v) is 8.80. The lowest BCUT2D eigenvalue weighted by Crippen LogP contribution is -2.41. The molecule has 1 aromatic heterocycles. The largest absolute Gasteiger partial charge is 0.379 e. The Kier molecular flexibility index (Phi) is 3.66. The number of hydrogen-bond acceptors (Lipinski definition) is 4. The van der Waals surface area contributed by atoms with Crippen LogP contribution in [0.25, 0.3) is 0 Å². The SMILES string of the molecule is NCC(c1ccncc1)N1CCOCC1. The van der Waals surface area contributed by atoms with Gasteiger partial charge in [-0.15, -0.1) is 0 Å². The number of nitrogens with zero attached hydrogens (tertiary/aromatic N) is 2. The van der Waals surface area contributed by atoms with Gasteiger partial charge in [0.1, 0.15) is 0 Å². The van der Waals surface area contributed by atoms with Crippen molar-refractivity contribution in [1.82, 2.24) is 9.88 Å². The van der Waals surface area contributed by atoms with E-state index in [4.69, 9.17) is 10.5 Å². The van der Waals surface area contributed by atoms with Crippen LogP contribution in [0.2, 0.25) is 0 Å². The van der Waals surface area contributed by atoms with Gasteiger partial charge < -0.3 is 10.5 Å². The van der Waals surface area contributed by atoms with Gasteiger partial charge in [-0.05, 0) is 17.7 Å². The maximum absolute atomic E-state index is 5.83. The molecule has 1 atom stereocenters. The molecule has 2 heterocycles. The van der Waals surface area contributed by atoms with Gasteiger partial charge >= 0.3 is 0 Å². The molecule has 2 rings (SSSR count). The Labute approximate surface area is 90.0 Å². The fraction of sp³-hybridized carbons (Fsp3) is 0.545. The normalized spacial score (nSPS) is 20.1. The lowest BCUT2D eigenvalue weighted by Gasteiger charge is -2.33. The highest BCUT2D eigenvalue weighted by molar-refractivity contribution is 5.15. The molecule has 82 valence electrons. The number of aromatic nitrogens is 1. The predicted octanol–water partition coefficient (Wildman–Crippen LogP) is 0.414. The first kappa shape index (κ1) is 10.5. The molecule has 0 amide bonds. The van der Waals surface area contributed by atoms with E-state index in [1.165, 1.54) is 5.56 Å². The summed E-state index contributed by atoms with van der Waals surface area (Å²) in [7, 11) is 0. The van der Waals surface area contributed by atoms with Crippen molar-refractivity contribution in [2.45, 2.75) is 6.04 Å². The van der Waals surface area contributed by atoms with Crippen LogP contribution in [0.1, 0.15) is 11.6 Å². The summed E-state index contributed by atoms with van der Waals surface area (Å²) in [5.41, 5.74) is 7.08. The first-order chi connectivity index (χ1) is 7.42. The van der Waals surface area contributed by atoms with E-state index in [9.17, 15) is 0 Å². The van der Waals surface area contributed by atoms with E-state index in [0.717, 1.165) is 26.3 Å². The van der Waals surface area contributed by atoms with Crippen LogP contribution in [-0.2, 0) is 4.74 Å². The molecule has 0 spiro atoms. The summed E-state index contributed by atoms with van der Waals surface area (Å²) in [4.78, 5) is 6.40. The van der Waals surface area contributed by atoms with Gasteiger partial charge in [0.05, 0.1) is 13.2 Å². The van der Waals surface area contributed by atoms with Crippen LogP contribution >= 0.6 is 0 Å². The monoisotopic (exact) mass is 207 g/mol. The summed E-state index contributed by atoms with van der Waals surface area (Å²) < 4.78 is 5.34. The number of morpholine rings is 1. The van der Waals surface area contributed by atoms with Crippen molar-refractivity contribution in [1.29, 1.82) is 0 Å². The summed E-state index contributed by atoms with van der Waals surface area (Å²) in [5, 5.41) is 0. The van der Waals surface area contributed by atoms with Crippen molar-refractivity contribution < 1.29 is 4.74 Å². The van der Waals surface area contributed by atoms with Crippen molar-refractivity contribution in [2.75, 3.05) is 32.8 Å². The van der Waals surface area contributed by atoms with Crippen LogP contribution in [0.5, 0.6) is 0 Å². The van der Waals surface area contributed by atoms with Crippen molar-refractivity contribution in [3.05, 3.63) is 30.1 Å². The Bertz CT molecular complexity index is 285. The molecule has 0 radical (unpaired) electrons. The summed E-state index contributed by atoms with van der Waals surface area (Å²) in [6.45, 7) is 4.18. The van der Waals surface area contributed by atoms with Crippen molar-refractivity contribution in [3.63, 3.8) is 0 Å². The molecule has 0 bridgehead atoms. The average molecular weight is 207 g/mol. The molecule has 4 heteroatoms. The molecule has 1 aliphatic heterocycles. The summed E-state index contributed by atoms with van der Waals surface area (Å²) in [6.07, 6.45) is 3.64. The van der Waals surface area contributed by atoms with Gasteiger partial charge in [0.15, 0.2) is 0 Å². The van der Waals surface area contributed by atoms with Gasteiger partial charge in [-0.25, -0.2) is 0 Å². The highest BCUT2D eigenvalue weighted by Gasteiger charge is 2.20. The van der Waals surface area contributed by atoms with Gasteiger partial charge in [-0.1, -0.05) is 0 Å². The third-order valence-electron chi connectivity index (χ3n) is 2.80. The maximum Gasteiger partial charge on any atom is 0.0594 e. The van der Waals surface area contributed by atoms with Crippen LogP contribution in [0.3, 0.4) is 0 Å². The second-order valence-corrected chi connectivity index (χ2v) is 3.68. The quantitative estimate of drug-likeness (QED) is 0.780. The third kappa shape index (κ3) is 2.53. The van der Waals surface area contributed by atoms with Gasteiger partial charge in [0, 0.05) is 38.1 Å². The molecule has 1 aliphatic rings. The van der Waals surface area contributed by atoms with Crippen LogP contribution in [0, 0.1) is 0 Å². The van der Waals surface area contributed by atoms with Crippen LogP contribution in [0.15, 0.2) is 24.5 Å². The van der Waals surface area contributed by atoms with Crippen LogP contribution in [0.4, 0.5) is 0 Å². The fourth-order valence-electron chi connectivity index (χ4n) is 1.97. The molecular weight excluding hydrogens is 190 g/mol. The maximum atomic E-state index is 5.83. The third-order valence-corrected chi connectivity index (χ3v) is 2.80. The Hall–Kier alpha value is -0.970. The fourth-order valence-corrected chi connectivity index (χ4v) is 1.97. The van der Waals surface area contributed by atoms with Gasteiger partial charge in [0.25, 0.3) is 0 Å². The van der Waals surface area contributed by atoms with Crippen molar-refractivity contribution in [3.8, 4) is 0 Å². The van der Waals surface area contributed by atoms with Gasteiger partial charge in [-0.3, -0.25) is 9.88 Å². The van der Waals surface area contributed by atoms with Crippen molar-refractivity contribution >= 4 is 0 Å². The zero-order chi connectivity index (χ0) is 10.5. The number of nitrogens with two attached hydrogens (primary N) is 1. The molecule has 4 nitrogen and oxygen atoms in total. The van der Waals surface area contributed by atoms with E-state index < -0.39 is 0 Å². The lowest BCUT2D eigenvalue weighted by molar-refractivity contribution is 0.0179. The Morgan fingerprint density at radius 3 is 2.60 bits per heavy atom. The predicted molar refractivity (Wildman–Crippen MR) is 58.4 cm³/mol. The Morgan fingerprint density at radius 2 is 2.00 bits per heavy atom. The van der Waals surface area contributed by atoms with Crippen LogP contribution < -0.4 is 5.73 Å². The number of hydrogen-bond donors (Lipinski definition) is 1. The smallest absolute Gasteiger partial charge is 0.0594 e. The lowest BCUT2D eigenvalue weighted by atomic mass is 10.1. The second-order valence-electron chi connectivity index (χ2n) is 3.68. The van der Waals surface area contributed by atoms with E-state index in [-0.39, 0.29) is 0 Å². The molecule has 0 aromatic carbocycles. The highest BCUT2D eigenvalue weighted by atomic mass is 16.5. The minimum atomic E-state index is 0.303. The Balaban J connectivity index is 2.09. The number of ether oxygens (including phenoxy) is 1. The second kappa shape index (κ2) is 5.21. The minimum Gasteiger partial charge on any atom is -0.379 e. The van der Waals surface area contributed by atoms with Crippen LogP contribution in [-0.4, -0.2) is 42.7 Å². The average Bonchev–Trinajstić information content (AvgIpc) is 2.33. The van der Waals surface area contributed by atoms with E-state index in [2.05, 4.69) is 9.88 Å². The molecule has 2 N–H and O–H groups in total. The molecular formula is C11H17N3O. The molecule has 1 aromatic rings. The molecule has 15 heavy (non-hydrogen) atoms. The first-order valence-electron chi connectivity index (χ1n) is 5.33. The standard InChI is InChI=1S/C11H17N3O/c12-9-11(10-1-3-13-4-2-10)14-5-7-15-8-6-14/h1-4,11H,5-9,12H2. The molecule has 0 aliphatic carbocycles. The van der Waals surface area contributed by atoms with Gasteiger partial charge in [0.2, 0.25) is 0 Å². The summed E-state index contributed by atoms with van der Waals surface area (Å²) >= 11 is 0. The molecule has 1 unspecified atom stereocenters. The number of rotatable bonds is 3. The minimum absolute atomic E-state index is 0.303. The summed E-state index contributed by atoms with van der Waals surface area (Å²) in [5.74, 6) is 0. The number of pyridine rings is 1. The van der Waals surface area contributed by atoms with E-state index >= 15 is 0 Å². The summed E-state index contributed by atoms with van der Waals surface area (Å²) in [6, 6.07) is 4.37. The molecule has 0 saturated carbocycles.